The molecule has 1 aromatic heterocycles. The lowest BCUT2D eigenvalue weighted by Gasteiger charge is -2.33. The Labute approximate surface area is 127 Å². The van der Waals surface area contributed by atoms with E-state index in [0.717, 1.165) is 13.0 Å². The van der Waals surface area contributed by atoms with Crippen molar-refractivity contribution in [1.82, 2.24) is 4.90 Å². The van der Waals surface area contributed by atoms with Crippen molar-refractivity contribution in [2.75, 3.05) is 13.7 Å². The van der Waals surface area contributed by atoms with Crippen LogP contribution < -0.4 is 0 Å². The van der Waals surface area contributed by atoms with E-state index in [9.17, 15) is 9.18 Å². The van der Waals surface area contributed by atoms with Crippen molar-refractivity contribution < 1.29 is 13.9 Å². The first-order valence-corrected chi connectivity index (χ1v) is 7.70. The zero-order valence-electron chi connectivity index (χ0n) is 11.7. The summed E-state index contributed by atoms with van der Waals surface area (Å²) >= 11 is 1.74. The number of nitrogens with zero attached hydrogens (tertiary/aromatic N) is 1. The summed E-state index contributed by atoms with van der Waals surface area (Å²) < 4.78 is 19.0. The van der Waals surface area contributed by atoms with E-state index >= 15 is 0 Å². The lowest BCUT2D eigenvalue weighted by atomic mass is 10.0. The highest BCUT2D eigenvalue weighted by Crippen LogP contribution is 2.32. The third-order valence-corrected chi connectivity index (χ3v) is 4.85. The van der Waals surface area contributed by atoms with Gasteiger partial charge in [-0.2, -0.15) is 0 Å². The van der Waals surface area contributed by atoms with Crippen LogP contribution in [0.15, 0.2) is 35.7 Å². The summed E-state index contributed by atoms with van der Waals surface area (Å²) in [4.78, 5) is 15.5. The van der Waals surface area contributed by atoms with Gasteiger partial charge in [-0.25, -0.2) is 9.18 Å². The van der Waals surface area contributed by atoms with Gasteiger partial charge in [-0.15, -0.1) is 11.3 Å². The Morgan fingerprint density at radius 1 is 1.38 bits per heavy atom. The van der Waals surface area contributed by atoms with Crippen LogP contribution in [0.5, 0.6) is 0 Å². The topological polar surface area (TPSA) is 29.5 Å². The maximum absolute atomic E-state index is 14.1. The number of rotatable bonds is 3. The number of carbonyl (C=O) groups is 1. The average molecular weight is 304 g/mol. The summed E-state index contributed by atoms with van der Waals surface area (Å²) in [6.45, 7) is 1.37. The molecule has 0 saturated heterocycles. The van der Waals surface area contributed by atoms with Crippen LogP contribution in [0.3, 0.4) is 0 Å². The van der Waals surface area contributed by atoms with E-state index < -0.39 is 12.0 Å². The van der Waals surface area contributed by atoms with E-state index in [1.54, 1.807) is 29.5 Å². The van der Waals surface area contributed by atoms with Crippen molar-refractivity contribution in [3.63, 3.8) is 0 Å². The molecule has 0 spiro atoms. The molecule has 21 heavy (non-hydrogen) atoms. The Balaban J connectivity index is 1.94. The second kappa shape index (κ2) is 5.95. The number of thiophene rings is 1. The fraction of sp³-hybridized carbons (Fsp3) is 0.312. The molecule has 2 aromatic rings. The summed E-state index contributed by atoms with van der Waals surface area (Å²) in [5.41, 5.74) is 1.60. The average Bonchev–Trinajstić information content (AvgIpc) is 2.97. The number of benzene rings is 1. The number of methoxy groups -OCH3 is 1. The van der Waals surface area contributed by atoms with E-state index in [1.807, 2.05) is 4.90 Å². The Morgan fingerprint density at radius 2 is 2.19 bits per heavy atom. The molecule has 1 aliphatic rings. The number of ether oxygens (including phenoxy) is 1. The van der Waals surface area contributed by atoms with Crippen LogP contribution in [0, 0.1) is 5.82 Å². The molecule has 0 N–H and O–H groups in total. The van der Waals surface area contributed by atoms with Gasteiger partial charge in [-0.1, -0.05) is 18.2 Å². The summed E-state index contributed by atoms with van der Waals surface area (Å²) in [5, 5.41) is 2.06. The van der Waals surface area contributed by atoms with E-state index in [2.05, 4.69) is 11.4 Å². The Kier molecular flexibility index (Phi) is 4.03. The highest BCUT2D eigenvalue weighted by atomic mass is 32.1. The molecule has 2 heterocycles. The predicted octanol–water partition coefficient (Wildman–Crippen LogP) is 3.16. The van der Waals surface area contributed by atoms with Crippen LogP contribution in [-0.4, -0.2) is 24.5 Å². The first kappa shape index (κ1) is 14.2. The van der Waals surface area contributed by atoms with Gasteiger partial charge in [0.25, 0.3) is 0 Å². The number of hydrogen-bond acceptors (Lipinski definition) is 4. The van der Waals surface area contributed by atoms with Crippen LogP contribution in [0.1, 0.15) is 22.0 Å². The van der Waals surface area contributed by atoms with E-state index in [0.29, 0.717) is 12.1 Å². The van der Waals surface area contributed by atoms with Crippen molar-refractivity contribution in [3.8, 4) is 0 Å². The number of fused-ring (bicyclic) bond motifs is 1. The molecule has 5 heteroatoms. The van der Waals surface area contributed by atoms with Crippen molar-refractivity contribution in [3.05, 3.63) is 57.5 Å². The first-order valence-electron chi connectivity index (χ1n) is 6.82. The van der Waals surface area contributed by atoms with E-state index in [1.165, 1.54) is 23.6 Å². The van der Waals surface area contributed by atoms with Gasteiger partial charge >= 0.3 is 5.97 Å². The van der Waals surface area contributed by atoms with E-state index in [4.69, 9.17) is 4.74 Å². The molecular formula is C16H16FNO2S. The predicted molar refractivity (Wildman–Crippen MR) is 79.6 cm³/mol. The van der Waals surface area contributed by atoms with Crippen molar-refractivity contribution >= 4 is 17.3 Å². The molecule has 110 valence electrons. The van der Waals surface area contributed by atoms with Crippen LogP contribution in [0.2, 0.25) is 0 Å². The second-order valence-electron chi connectivity index (χ2n) is 5.04. The minimum absolute atomic E-state index is 0.371. The van der Waals surface area contributed by atoms with Gasteiger partial charge in [0.05, 0.1) is 7.11 Å². The third-order valence-electron chi connectivity index (χ3n) is 3.83. The summed E-state index contributed by atoms with van der Waals surface area (Å²) in [6.07, 6.45) is 0.884. The van der Waals surface area contributed by atoms with Crippen molar-refractivity contribution in [2.24, 2.45) is 0 Å². The lowest BCUT2D eigenvalue weighted by molar-refractivity contribution is -0.147. The van der Waals surface area contributed by atoms with Crippen molar-refractivity contribution in [1.29, 1.82) is 0 Å². The SMILES string of the molecule is COC(=O)[C@H](c1ccccc1[18F])N1CCc2sccc2C1. The molecule has 0 bridgehead atoms. The molecule has 1 aliphatic heterocycles. The maximum Gasteiger partial charge on any atom is 0.327 e. The molecule has 1 atom stereocenters. The normalized spacial score (nSPS) is 16.3. The fourth-order valence-corrected chi connectivity index (χ4v) is 3.66. The Morgan fingerprint density at radius 3 is 2.95 bits per heavy atom. The monoisotopic (exact) mass is 304 g/mol. The zero-order chi connectivity index (χ0) is 14.8. The van der Waals surface area contributed by atoms with Gasteiger partial charge in [0.15, 0.2) is 0 Å². The van der Waals surface area contributed by atoms with Crippen molar-refractivity contribution in [2.45, 2.75) is 19.0 Å². The molecule has 0 saturated carbocycles. The van der Waals surface area contributed by atoms with E-state index in [-0.39, 0.29) is 5.82 Å². The molecule has 0 amide bonds. The third kappa shape index (κ3) is 2.71. The van der Waals surface area contributed by atoms with Gasteiger partial charge < -0.3 is 4.74 Å². The quantitative estimate of drug-likeness (QED) is 0.816. The summed E-state index contributed by atoms with van der Waals surface area (Å²) in [6, 6.07) is 7.78. The minimum atomic E-state index is -0.691. The standard InChI is InChI=1S/C16H16FNO2S/c1-20-16(19)15(12-4-2-3-5-13(12)17)18-8-6-14-11(10-18)7-9-21-14/h2-5,7,9,15H,6,8,10H2,1H3/t15-/m0/s1/i17-1. The van der Waals surface area contributed by atoms with Crippen LogP contribution in [-0.2, 0) is 22.5 Å². The maximum atomic E-state index is 14.1. The largest absolute Gasteiger partial charge is 0.468 e. The van der Waals surface area contributed by atoms with Gasteiger partial charge in [0.1, 0.15) is 11.9 Å². The highest BCUT2D eigenvalue weighted by molar-refractivity contribution is 7.10. The smallest absolute Gasteiger partial charge is 0.327 e. The first-order chi connectivity index (χ1) is 10.2. The number of esters is 1. The molecule has 3 nitrogen and oxygen atoms in total. The second-order valence-corrected chi connectivity index (χ2v) is 6.04. The molecule has 0 aliphatic carbocycles. The van der Waals surface area contributed by atoms with Crippen LogP contribution in [0.25, 0.3) is 0 Å². The molecule has 1 aromatic carbocycles. The summed E-state index contributed by atoms with van der Waals surface area (Å²) in [7, 11) is 1.34. The molecule has 0 radical (unpaired) electrons. The molecule has 0 unspecified atom stereocenters. The van der Waals surface area contributed by atoms with Crippen LogP contribution in [0.4, 0.5) is 4.39 Å². The number of hydrogen-bond donors (Lipinski definition) is 0. The van der Waals surface area contributed by atoms with Gasteiger partial charge in [-0.05, 0) is 29.5 Å². The summed E-state index contributed by atoms with van der Waals surface area (Å²) in [5.74, 6) is -0.789. The van der Waals surface area contributed by atoms with Gasteiger partial charge in [0.2, 0.25) is 0 Å². The van der Waals surface area contributed by atoms with Crippen LogP contribution >= 0.6 is 11.3 Å². The van der Waals surface area contributed by atoms with Gasteiger partial charge in [0, 0.05) is 23.5 Å². The number of carbonyl (C=O) groups excluding carboxylic acids is 1. The highest BCUT2D eigenvalue weighted by Gasteiger charge is 2.33. The molecule has 0 fully saturated rings. The molecular weight excluding hydrogens is 288 g/mol. The Bertz CT molecular complexity index is 655. The number of halogens is 1. The van der Waals surface area contributed by atoms with Gasteiger partial charge in [-0.3, -0.25) is 4.90 Å². The lowest BCUT2D eigenvalue weighted by Crippen LogP contribution is -2.38. The Hall–Kier alpha value is -1.72. The zero-order valence-corrected chi connectivity index (χ0v) is 12.5. The molecule has 3 rings (SSSR count). The minimum Gasteiger partial charge on any atom is -0.468 e. The fourth-order valence-electron chi connectivity index (χ4n) is 2.77.